The van der Waals surface area contributed by atoms with Crippen molar-refractivity contribution in [3.8, 4) is 0 Å². The Morgan fingerprint density at radius 2 is 1.67 bits per heavy atom. The first kappa shape index (κ1) is 14.3. The van der Waals surface area contributed by atoms with Gasteiger partial charge in [0.15, 0.2) is 0 Å². The van der Waals surface area contributed by atoms with E-state index < -0.39 is 11.9 Å². The molecule has 15 heavy (non-hydrogen) atoms. The third-order valence-electron chi connectivity index (χ3n) is 2.25. The lowest BCUT2D eigenvalue weighted by Gasteiger charge is -2.10. The summed E-state index contributed by atoms with van der Waals surface area (Å²) in [4.78, 5) is 21.0. The van der Waals surface area contributed by atoms with Gasteiger partial charge in [-0.25, -0.2) is 0 Å². The molecule has 0 bridgehead atoms. The predicted molar refractivity (Wildman–Crippen MR) is 60.3 cm³/mol. The molecule has 0 rings (SSSR count). The average Bonchev–Trinajstić information content (AvgIpc) is 2.15. The lowest BCUT2D eigenvalue weighted by atomic mass is 9.97. The van der Waals surface area contributed by atoms with Gasteiger partial charge < -0.3 is 10.2 Å². The quantitative estimate of drug-likeness (QED) is 0.421. The highest BCUT2D eigenvalue weighted by Gasteiger charge is 2.16. The lowest BCUT2D eigenvalue weighted by molar-refractivity contribution is -0.142. The van der Waals surface area contributed by atoms with E-state index in [9.17, 15) is 9.59 Å². The first-order valence-electron chi connectivity index (χ1n) is 5.13. The van der Waals surface area contributed by atoms with Crippen LogP contribution in [0, 0.1) is 5.92 Å². The summed E-state index contributed by atoms with van der Waals surface area (Å²) in [6.45, 7) is 0. The maximum atomic E-state index is 10.8. The summed E-state index contributed by atoms with van der Waals surface area (Å²) < 4.78 is 0. The Balaban J connectivity index is 3.66. The molecule has 5 heteroatoms. The minimum Gasteiger partial charge on any atom is -0.481 e. The van der Waals surface area contributed by atoms with Crippen molar-refractivity contribution < 1.29 is 19.8 Å². The molecule has 0 radical (unpaired) electrons. The number of hydrogen-bond donors (Lipinski definition) is 3. The Hall–Kier alpha value is -0.710. The molecule has 0 aromatic carbocycles. The van der Waals surface area contributed by atoms with Gasteiger partial charge in [-0.1, -0.05) is 6.42 Å². The number of rotatable bonds is 9. The van der Waals surface area contributed by atoms with Gasteiger partial charge in [0.2, 0.25) is 0 Å². The minimum atomic E-state index is -0.822. The van der Waals surface area contributed by atoms with Crippen LogP contribution in [0.25, 0.3) is 0 Å². The molecule has 0 aliphatic rings. The Morgan fingerprint density at radius 3 is 2.13 bits per heavy atom. The molecular formula is C10H18O4S. The molecule has 0 saturated heterocycles. The zero-order valence-corrected chi connectivity index (χ0v) is 9.58. The number of carbonyl (C=O) groups is 2. The molecule has 0 fully saturated rings. The number of thiol groups is 1. The normalized spacial score (nSPS) is 12.3. The minimum absolute atomic E-state index is 0.124. The highest BCUT2D eigenvalue weighted by Crippen LogP contribution is 2.16. The molecule has 88 valence electrons. The molecule has 0 aliphatic carbocycles. The van der Waals surface area contributed by atoms with Crippen molar-refractivity contribution >= 4 is 24.6 Å². The van der Waals surface area contributed by atoms with Gasteiger partial charge in [-0.05, 0) is 31.4 Å². The van der Waals surface area contributed by atoms with E-state index in [0.29, 0.717) is 31.4 Å². The molecule has 1 atom stereocenters. The second-order valence-electron chi connectivity index (χ2n) is 3.54. The molecule has 4 nitrogen and oxygen atoms in total. The standard InChI is InChI=1S/C10H18O4S/c11-9(12)6-2-1-4-8(10(13)14)5-3-7-15/h8,15H,1-7H2,(H,11,12)(H,13,14). The fourth-order valence-corrected chi connectivity index (χ4v) is 1.58. The van der Waals surface area contributed by atoms with Crippen LogP contribution in [0.2, 0.25) is 0 Å². The van der Waals surface area contributed by atoms with Gasteiger partial charge in [0.1, 0.15) is 0 Å². The van der Waals surface area contributed by atoms with Gasteiger partial charge in [0.25, 0.3) is 0 Å². The smallest absolute Gasteiger partial charge is 0.306 e. The maximum Gasteiger partial charge on any atom is 0.306 e. The monoisotopic (exact) mass is 234 g/mol. The van der Waals surface area contributed by atoms with E-state index in [1.807, 2.05) is 0 Å². The van der Waals surface area contributed by atoms with Crippen LogP contribution in [0.1, 0.15) is 38.5 Å². The van der Waals surface area contributed by atoms with Crippen molar-refractivity contribution in [2.45, 2.75) is 38.5 Å². The summed E-state index contributed by atoms with van der Waals surface area (Å²) in [5, 5.41) is 17.3. The fourth-order valence-electron chi connectivity index (χ4n) is 1.40. The van der Waals surface area contributed by atoms with E-state index in [0.717, 1.165) is 6.42 Å². The molecule has 0 aromatic rings. The second-order valence-corrected chi connectivity index (χ2v) is 3.99. The number of unbranched alkanes of at least 4 members (excludes halogenated alkanes) is 1. The van der Waals surface area contributed by atoms with Gasteiger partial charge in [0, 0.05) is 6.42 Å². The van der Waals surface area contributed by atoms with E-state index in [1.165, 1.54) is 0 Å². The van der Waals surface area contributed by atoms with E-state index in [2.05, 4.69) is 12.6 Å². The maximum absolute atomic E-state index is 10.8. The second kappa shape index (κ2) is 8.59. The van der Waals surface area contributed by atoms with E-state index in [1.54, 1.807) is 0 Å². The van der Waals surface area contributed by atoms with Crippen LogP contribution in [0.5, 0.6) is 0 Å². The van der Waals surface area contributed by atoms with Gasteiger partial charge >= 0.3 is 11.9 Å². The van der Waals surface area contributed by atoms with Crippen LogP contribution < -0.4 is 0 Å². The van der Waals surface area contributed by atoms with Crippen LogP contribution in [0.4, 0.5) is 0 Å². The van der Waals surface area contributed by atoms with Crippen molar-refractivity contribution in [1.29, 1.82) is 0 Å². The van der Waals surface area contributed by atoms with Crippen molar-refractivity contribution in [2.24, 2.45) is 5.92 Å². The average molecular weight is 234 g/mol. The Morgan fingerprint density at radius 1 is 1.07 bits per heavy atom. The van der Waals surface area contributed by atoms with Crippen LogP contribution >= 0.6 is 12.6 Å². The summed E-state index contributed by atoms with van der Waals surface area (Å²) >= 11 is 4.03. The SMILES string of the molecule is O=C(O)CCCCC(CCCS)C(=O)O. The van der Waals surface area contributed by atoms with Crippen molar-refractivity contribution in [3.63, 3.8) is 0 Å². The molecule has 2 N–H and O–H groups in total. The zero-order chi connectivity index (χ0) is 11.7. The summed E-state index contributed by atoms with van der Waals surface area (Å²) in [6, 6.07) is 0. The number of aliphatic carboxylic acids is 2. The van der Waals surface area contributed by atoms with Crippen molar-refractivity contribution in [2.75, 3.05) is 5.75 Å². The third-order valence-corrected chi connectivity index (χ3v) is 2.57. The first-order chi connectivity index (χ1) is 7.07. The summed E-state index contributed by atoms with van der Waals surface area (Å²) in [7, 11) is 0. The van der Waals surface area contributed by atoms with Gasteiger partial charge in [0.05, 0.1) is 5.92 Å². The van der Waals surface area contributed by atoms with E-state index in [-0.39, 0.29) is 12.3 Å². The first-order valence-corrected chi connectivity index (χ1v) is 5.76. The largest absolute Gasteiger partial charge is 0.481 e. The molecule has 0 amide bonds. The Labute approximate surface area is 95.1 Å². The predicted octanol–water partition coefficient (Wildman–Crippen LogP) is 2.04. The van der Waals surface area contributed by atoms with Gasteiger partial charge in [-0.3, -0.25) is 9.59 Å². The molecular weight excluding hydrogens is 216 g/mol. The van der Waals surface area contributed by atoms with Gasteiger partial charge in [-0.2, -0.15) is 12.6 Å². The topological polar surface area (TPSA) is 74.6 Å². The fraction of sp³-hybridized carbons (Fsp3) is 0.800. The number of carboxylic acids is 2. The van der Waals surface area contributed by atoms with Crippen molar-refractivity contribution in [1.82, 2.24) is 0 Å². The van der Waals surface area contributed by atoms with Gasteiger partial charge in [-0.15, -0.1) is 0 Å². The Kier molecular flexibility index (Phi) is 8.18. The molecule has 1 unspecified atom stereocenters. The van der Waals surface area contributed by atoms with Crippen LogP contribution in [-0.2, 0) is 9.59 Å². The molecule has 0 saturated carbocycles. The van der Waals surface area contributed by atoms with Crippen LogP contribution in [-0.4, -0.2) is 27.9 Å². The molecule has 0 spiro atoms. The highest BCUT2D eigenvalue weighted by atomic mass is 32.1. The Bertz CT molecular complexity index is 206. The highest BCUT2D eigenvalue weighted by molar-refractivity contribution is 7.80. The molecule has 0 heterocycles. The van der Waals surface area contributed by atoms with E-state index >= 15 is 0 Å². The summed E-state index contributed by atoms with van der Waals surface area (Å²) in [6.07, 6.45) is 3.33. The number of hydrogen-bond acceptors (Lipinski definition) is 3. The summed E-state index contributed by atoms with van der Waals surface area (Å²) in [5.74, 6) is -1.26. The zero-order valence-electron chi connectivity index (χ0n) is 8.69. The van der Waals surface area contributed by atoms with E-state index in [4.69, 9.17) is 10.2 Å². The summed E-state index contributed by atoms with van der Waals surface area (Å²) in [5.41, 5.74) is 0. The van der Waals surface area contributed by atoms with Crippen LogP contribution in [0.3, 0.4) is 0 Å². The lowest BCUT2D eigenvalue weighted by Crippen LogP contribution is -2.14. The van der Waals surface area contributed by atoms with Crippen LogP contribution in [0.15, 0.2) is 0 Å². The third kappa shape index (κ3) is 8.30. The number of carboxylic acid groups (broad SMARTS) is 2. The van der Waals surface area contributed by atoms with Crippen molar-refractivity contribution in [3.05, 3.63) is 0 Å². The molecule has 0 aliphatic heterocycles. The molecule has 0 aromatic heterocycles.